The first-order valence-electron chi connectivity index (χ1n) is 6.04. The van der Waals surface area contributed by atoms with Gasteiger partial charge in [-0.3, -0.25) is 5.01 Å². The van der Waals surface area contributed by atoms with Crippen LogP contribution in [0.25, 0.3) is 0 Å². The van der Waals surface area contributed by atoms with E-state index in [2.05, 4.69) is 5.29 Å². The number of halogens is 2. The van der Waals surface area contributed by atoms with Gasteiger partial charge in [-0.2, -0.15) is 0 Å². The maximum absolute atomic E-state index is 13.5. The number of nitrogens with zero attached hydrogens (tertiary/aromatic N) is 2. The third-order valence-corrected chi connectivity index (χ3v) is 2.98. The van der Waals surface area contributed by atoms with E-state index in [-0.39, 0.29) is 18.9 Å². The van der Waals surface area contributed by atoms with Crippen molar-refractivity contribution in [2.45, 2.75) is 25.4 Å². The zero-order valence-electron chi connectivity index (χ0n) is 10.8. The smallest absolute Gasteiger partial charge is 0.160 e. The summed E-state index contributed by atoms with van der Waals surface area (Å²) in [5, 5.41) is 13.5. The van der Waals surface area contributed by atoms with E-state index in [0.29, 0.717) is 19.4 Å². The molecule has 1 aliphatic heterocycles. The van der Waals surface area contributed by atoms with E-state index in [4.69, 9.17) is 4.74 Å². The van der Waals surface area contributed by atoms with Crippen molar-refractivity contribution in [3.63, 3.8) is 0 Å². The molecule has 1 saturated heterocycles. The maximum atomic E-state index is 13.5. The number of allylic oxidation sites excluding steroid dienone is 4. The summed E-state index contributed by atoms with van der Waals surface area (Å²) in [5.74, 6) is -0.756. The molecule has 1 fully saturated rings. The van der Waals surface area contributed by atoms with Crippen molar-refractivity contribution in [3.05, 3.63) is 28.6 Å². The second-order valence-corrected chi connectivity index (χ2v) is 4.48. The molecule has 0 aliphatic carbocycles. The van der Waals surface area contributed by atoms with Crippen LogP contribution in [0.1, 0.15) is 19.8 Å². The maximum Gasteiger partial charge on any atom is 0.160 e. The molecule has 0 bridgehead atoms. The van der Waals surface area contributed by atoms with Gasteiger partial charge in [0.2, 0.25) is 0 Å². The van der Waals surface area contributed by atoms with Crippen LogP contribution in [-0.4, -0.2) is 42.1 Å². The zero-order valence-corrected chi connectivity index (χ0v) is 10.8. The van der Waals surface area contributed by atoms with Crippen LogP contribution in [0.4, 0.5) is 8.78 Å². The molecule has 1 rings (SSSR count). The van der Waals surface area contributed by atoms with E-state index in [1.54, 1.807) is 0 Å². The van der Waals surface area contributed by atoms with Crippen molar-refractivity contribution in [1.29, 1.82) is 0 Å². The van der Waals surface area contributed by atoms with E-state index in [9.17, 15) is 18.8 Å². The van der Waals surface area contributed by atoms with Crippen LogP contribution in [0.2, 0.25) is 0 Å². The van der Waals surface area contributed by atoms with Crippen LogP contribution < -0.4 is 0 Å². The molecule has 0 radical (unpaired) electrons. The van der Waals surface area contributed by atoms with Crippen LogP contribution in [-0.2, 0) is 4.74 Å². The summed E-state index contributed by atoms with van der Waals surface area (Å²) in [7, 11) is 0. The molecule has 7 heteroatoms. The molecule has 0 aromatic heterocycles. The van der Waals surface area contributed by atoms with Crippen molar-refractivity contribution >= 4 is 0 Å². The fraction of sp³-hybridized carbons (Fsp3) is 0.667. The Balaban J connectivity index is 2.80. The molecular formula is C12H18F2N2O3. The third-order valence-electron chi connectivity index (χ3n) is 2.98. The average Bonchev–Trinajstić information content (AvgIpc) is 2.44. The van der Waals surface area contributed by atoms with Crippen molar-refractivity contribution in [2.75, 3.05) is 26.4 Å². The number of ether oxygens (including phenoxy) is 1. The van der Waals surface area contributed by atoms with E-state index in [0.717, 1.165) is 12.2 Å². The summed E-state index contributed by atoms with van der Waals surface area (Å²) >= 11 is 0. The second kappa shape index (κ2) is 7.18. The van der Waals surface area contributed by atoms with E-state index in [1.165, 1.54) is 11.9 Å². The minimum atomic E-state index is -1.04. The Bertz CT molecular complexity index is 374. The molecule has 1 heterocycles. The first kappa shape index (κ1) is 15.6. The van der Waals surface area contributed by atoms with Gasteiger partial charge in [0.1, 0.15) is 12.4 Å². The highest BCUT2D eigenvalue weighted by Crippen LogP contribution is 2.28. The van der Waals surface area contributed by atoms with Crippen LogP contribution in [0.15, 0.2) is 29.0 Å². The standard InChI is InChI=1S/C12H18F2N2O3/c1-10(11(14)4-2-6-13)19-12(9-17)5-3-7-16(8-12)15-18/h2,4,17H,3,5-9H2,1H3/b4-2-,11-10-. The molecule has 1 unspecified atom stereocenters. The molecule has 0 aromatic carbocycles. The van der Waals surface area contributed by atoms with Crippen LogP contribution >= 0.6 is 0 Å². The average molecular weight is 276 g/mol. The number of aliphatic hydroxyl groups is 1. The topological polar surface area (TPSA) is 62.1 Å². The lowest BCUT2D eigenvalue weighted by molar-refractivity contribution is -0.0886. The Hall–Kier alpha value is -1.50. The molecule has 0 saturated carbocycles. The minimum Gasteiger partial charge on any atom is -0.485 e. The molecular weight excluding hydrogens is 258 g/mol. The molecule has 1 atom stereocenters. The monoisotopic (exact) mass is 276 g/mol. The van der Waals surface area contributed by atoms with Crippen LogP contribution in [0.3, 0.4) is 0 Å². The summed E-state index contributed by atoms with van der Waals surface area (Å²) in [5.41, 5.74) is -1.04. The van der Waals surface area contributed by atoms with E-state index < -0.39 is 18.1 Å². The first-order chi connectivity index (χ1) is 9.06. The molecule has 5 nitrogen and oxygen atoms in total. The number of hydrogen-bond acceptors (Lipinski definition) is 4. The molecule has 0 spiro atoms. The van der Waals surface area contributed by atoms with Gasteiger partial charge in [0.15, 0.2) is 11.4 Å². The fourth-order valence-corrected chi connectivity index (χ4v) is 2.03. The van der Waals surface area contributed by atoms with Crippen molar-refractivity contribution in [3.8, 4) is 0 Å². The molecule has 19 heavy (non-hydrogen) atoms. The number of piperidine rings is 1. The highest BCUT2D eigenvalue weighted by molar-refractivity contribution is 5.15. The Labute approximate surface area is 110 Å². The van der Waals surface area contributed by atoms with Crippen LogP contribution in [0.5, 0.6) is 0 Å². The number of aliphatic hydroxyl groups excluding tert-OH is 1. The number of rotatable bonds is 6. The highest BCUT2D eigenvalue weighted by atomic mass is 19.1. The Kier molecular flexibility index (Phi) is 5.88. The Morgan fingerprint density at radius 2 is 2.37 bits per heavy atom. The Morgan fingerprint density at radius 3 is 2.95 bits per heavy atom. The van der Waals surface area contributed by atoms with Gasteiger partial charge >= 0.3 is 0 Å². The van der Waals surface area contributed by atoms with Crippen molar-refractivity contribution in [1.82, 2.24) is 5.01 Å². The van der Waals surface area contributed by atoms with Crippen molar-refractivity contribution in [2.24, 2.45) is 5.29 Å². The number of hydrogen-bond donors (Lipinski definition) is 1. The second-order valence-electron chi connectivity index (χ2n) is 4.48. The summed E-state index contributed by atoms with van der Waals surface area (Å²) in [6.07, 6.45) is 3.10. The predicted molar refractivity (Wildman–Crippen MR) is 66.4 cm³/mol. The Morgan fingerprint density at radius 1 is 1.63 bits per heavy atom. The largest absolute Gasteiger partial charge is 0.485 e. The summed E-state index contributed by atoms with van der Waals surface area (Å²) in [6, 6.07) is 0. The lowest BCUT2D eigenvalue weighted by Crippen LogP contribution is -2.50. The van der Waals surface area contributed by atoms with E-state index >= 15 is 0 Å². The summed E-state index contributed by atoms with van der Waals surface area (Å²) < 4.78 is 30.9. The minimum absolute atomic E-state index is 0.0495. The molecule has 108 valence electrons. The zero-order chi connectivity index (χ0) is 14.3. The van der Waals surface area contributed by atoms with Gasteiger partial charge in [-0.05, 0) is 25.8 Å². The highest BCUT2D eigenvalue weighted by Gasteiger charge is 2.38. The van der Waals surface area contributed by atoms with Gasteiger partial charge in [0.25, 0.3) is 0 Å². The van der Waals surface area contributed by atoms with E-state index in [1.807, 2.05) is 0 Å². The summed E-state index contributed by atoms with van der Waals surface area (Å²) in [4.78, 5) is 10.5. The van der Waals surface area contributed by atoms with Gasteiger partial charge < -0.3 is 9.84 Å². The van der Waals surface area contributed by atoms with Gasteiger partial charge in [-0.25, -0.2) is 8.78 Å². The number of nitroso groups, excluding NO2 is 1. The predicted octanol–water partition coefficient (Wildman–Crippen LogP) is 2.24. The van der Waals surface area contributed by atoms with Gasteiger partial charge in [-0.1, -0.05) is 6.08 Å². The SMILES string of the molecule is C/C(OC1(CO)CCCN(N=O)C1)=C(F)\C=C/CF. The first-order valence-corrected chi connectivity index (χ1v) is 6.04. The molecule has 1 aliphatic rings. The molecule has 1 N–H and O–H groups in total. The fourth-order valence-electron chi connectivity index (χ4n) is 2.03. The molecule has 0 aromatic rings. The lowest BCUT2D eigenvalue weighted by Gasteiger charge is -2.39. The van der Waals surface area contributed by atoms with Gasteiger partial charge in [0.05, 0.1) is 18.4 Å². The summed E-state index contributed by atoms with van der Waals surface area (Å²) in [6.45, 7) is 0.861. The van der Waals surface area contributed by atoms with Crippen molar-refractivity contribution < 1.29 is 18.6 Å². The third kappa shape index (κ3) is 4.27. The molecule has 0 amide bonds. The normalized spacial score (nSPS) is 25.4. The quantitative estimate of drug-likeness (QED) is 0.459. The van der Waals surface area contributed by atoms with Gasteiger partial charge in [-0.15, -0.1) is 4.91 Å². The number of alkyl halides is 1. The van der Waals surface area contributed by atoms with Crippen LogP contribution in [0, 0.1) is 4.91 Å². The lowest BCUT2D eigenvalue weighted by atomic mass is 9.94. The van der Waals surface area contributed by atoms with Gasteiger partial charge in [0, 0.05) is 6.54 Å².